The predicted molar refractivity (Wildman–Crippen MR) is 79.2 cm³/mol. The van der Waals surface area contributed by atoms with Crippen molar-refractivity contribution in [2.75, 3.05) is 5.73 Å². The summed E-state index contributed by atoms with van der Waals surface area (Å²) in [5.41, 5.74) is 8.07. The number of phenols is 1. The van der Waals surface area contributed by atoms with E-state index >= 15 is 0 Å². The summed E-state index contributed by atoms with van der Waals surface area (Å²) >= 11 is 0. The predicted octanol–water partition coefficient (Wildman–Crippen LogP) is 2.39. The van der Waals surface area contributed by atoms with Crippen LogP contribution in [0.5, 0.6) is 5.75 Å². The van der Waals surface area contributed by atoms with Crippen molar-refractivity contribution >= 4 is 11.6 Å². The number of aromatic hydroxyl groups is 1. The van der Waals surface area contributed by atoms with Crippen LogP contribution in [0.15, 0.2) is 48.5 Å². The maximum Gasteiger partial charge on any atom is 0.224 e. The quantitative estimate of drug-likeness (QED) is 0.747. The van der Waals surface area contributed by atoms with Crippen LogP contribution >= 0.6 is 0 Å². The Morgan fingerprint density at radius 1 is 1.25 bits per heavy atom. The summed E-state index contributed by atoms with van der Waals surface area (Å²) in [5, 5.41) is 12.3. The van der Waals surface area contributed by atoms with Crippen LogP contribution < -0.4 is 11.1 Å². The van der Waals surface area contributed by atoms with Gasteiger partial charge in [0, 0.05) is 5.69 Å². The molecule has 2 rings (SSSR count). The average Bonchev–Trinajstić information content (AvgIpc) is 2.41. The second kappa shape index (κ2) is 6.10. The van der Waals surface area contributed by atoms with Crippen LogP contribution in [0.1, 0.15) is 24.1 Å². The topological polar surface area (TPSA) is 75.4 Å². The Hall–Kier alpha value is -2.49. The van der Waals surface area contributed by atoms with Crippen molar-refractivity contribution < 1.29 is 9.90 Å². The molecule has 2 aromatic rings. The zero-order valence-electron chi connectivity index (χ0n) is 11.3. The molecule has 4 heteroatoms. The first kappa shape index (κ1) is 13.9. The van der Waals surface area contributed by atoms with Crippen LogP contribution in [0.2, 0.25) is 0 Å². The summed E-state index contributed by atoms with van der Waals surface area (Å²) < 4.78 is 0. The third-order valence-corrected chi connectivity index (χ3v) is 3.09. The molecule has 0 aliphatic carbocycles. The number of nitrogens with one attached hydrogen (secondary N) is 1. The smallest absolute Gasteiger partial charge is 0.224 e. The molecule has 0 aromatic heterocycles. The Labute approximate surface area is 118 Å². The minimum absolute atomic E-state index is 0.0642. The molecule has 2 aromatic carbocycles. The number of hydrogen-bond donors (Lipinski definition) is 3. The van der Waals surface area contributed by atoms with Gasteiger partial charge in [-0.05, 0) is 42.3 Å². The second-order valence-corrected chi connectivity index (χ2v) is 4.80. The van der Waals surface area contributed by atoms with Crippen molar-refractivity contribution in [3.05, 3.63) is 59.7 Å². The molecule has 20 heavy (non-hydrogen) atoms. The lowest BCUT2D eigenvalue weighted by Crippen LogP contribution is -2.28. The van der Waals surface area contributed by atoms with Crippen molar-refractivity contribution in [3.8, 4) is 5.75 Å². The molecule has 4 nitrogen and oxygen atoms in total. The number of hydrogen-bond acceptors (Lipinski definition) is 3. The van der Waals surface area contributed by atoms with Gasteiger partial charge in [-0.25, -0.2) is 0 Å². The number of anilines is 1. The number of nitrogens with two attached hydrogens (primary N) is 1. The van der Waals surface area contributed by atoms with Crippen LogP contribution in [0, 0.1) is 0 Å². The average molecular weight is 270 g/mol. The molecule has 0 fully saturated rings. The van der Waals surface area contributed by atoms with Crippen LogP contribution in [-0.4, -0.2) is 11.0 Å². The fourth-order valence-corrected chi connectivity index (χ4v) is 1.99. The van der Waals surface area contributed by atoms with Gasteiger partial charge in [-0.1, -0.05) is 24.3 Å². The Morgan fingerprint density at radius 2 is 1.95 bits per heavy atom. The van der Waals surface area contributed by atoms with Crippen LogP contribution in [-0.2, 0) is 11.2 Å². The van der Waals surface area contributed by atoms with E-state index in [1.54, 1.807) is 30.3 Å². The minimum atomic E-state index is -0.150. The molecule has 0 heterocycles. The third kappa shape index (κ3) is 3.75. The molecular formula is C16H18N2O2. The monoisotopic (exact) mass is 270 g/mol. The lowest BCUT2D eigenvalue weighted by molar-refractivity contribution is -0.121. The van der Waals surface area contributed by atoms with Gasteiger partial charge in [-0.2, -0.15) is 0 Å². The molecule has 1 unspecified atom stereocenters. The first-order valence-electron chi connectivity index (χ1n) is 6.47. The molecule has 0 aliphatic heterocycles. The third-order valence-electron chi connectivity index (χ3n) is 3.09. The largest absolute Gasteiger partial charge is 0.508 e. The van der Waals surface area contributed by atoms with E-state index in [0.717, 1.165) is 11.1 Å². The van der Waals surface area contributed by atoms with Gasteiger partial charge in [0.25, 0.3) is 0 Å². The standard InChI is InChI=1S/C16H18N2O2/c1-11(13-3-2-4-15(19)10-13)18-16(20)9-12-5-7-14(17)8-6-12/h2-8,10-11,19H,9,17H2,1H3,(H,18,20). The van der Waals surface area contributed by atoms with E-state index < -0.39 is 0 Å². The van der Waals surface area contributed by atoms with Crippen molar-refractivity contribution in [1.29, 1.82) is 0 Å². The van der Waals surface area contributed by atoms with Crippen molar-refractivity contribution in [2.45, 2.75) is 19.4 Å². The molecular weight excluding hydrogens is 252 g/mol. The first-order chi connectivity index (χ1) is 9.54. The molecule has 0 saturated heterocycles. The van der Waals surface area contributed by atoms with Gasteiger partial charge >= 0.3 is 0 Å². The van der Waals surface area contributed by atoms with Crippen molar-refractivity contribution in [2.24, 2.45) is 0 Å². The van der Waals surface area contributed by atoms with E-state index in [2.05, 4.69) is 5.32 Å². The summed E-state index contributed by atoms with van der Waals surface area (Å²) in [6, 6.07) is 14.0. The fraction of sp³-hybridized carbons (Fsp3) is 0.188. The first-order valence-corrected chi connectivity index (χ1v) is 6.47. The molecule has 4 N–H and O–H groups in total. The van der Waals surface area contributed by atoms with Gasteiger partial charge in [-0.15, -0.1) is 0 Å². The van der Waals surface area contributed by atoms with Crippen LogP contribution in [0.25, 0.3) is 0 Å². The lowest BCUT2D eigenvalue weighted by Gasteiger charge is -2.14. The van der Waals surface area contributed by atoms with Gasteiger partial charge < -0.3 is 16.2 Å². The number of nitrogen functional groups attached to an aromatic ring is 1. The SMILES string of the molecule is CC(NC(=O)Cc1ccc(N)cc1)c1cccc(O)c1. The maximum absolute atomic E-state index is 12.0. The Bertz CT molecular complexity index is 594. The number of carbonyl (C=O) groups excluding carboxylic acids is 1. The van der Waals surface area contributed by atoms with E-state index in [0.29, 0.717) is 12.1 Å². The second-order valence-electron chi connectivity index (χ2n) is 4.80. The summed E-state index contributed by atoms with van der Waals surface area (Å²) in [4.78, 5) is 12.0. The summed E-state index contributed by atoms with van der Waals surface area (Å²) in [6.07, 6.45) is 0.309. The Morgan fingerprint density at radius 3 is 2.60 bits per heavy atom. The Kier molecular flexibility index (Phi) is 4.25. The van der Waals surface area contributed by atoms with Crippen molar-refractivity contribution in [3.63, 3.8) is 0 Å². The number of carbonyl (C=O) groups is 1. The zero-order chi connectivity index (χ0) is 14.5. The van der Waals surface area contributed by atoms with Crippen LogP contribution in [0.4, 0.5) is 5.69 Å². The van der Waals surface area contributed by atoms with Gasteiger partial charge in [-0.3, -0.25) is 4.79 Å². The van der Waals surface area contributed by atoms with Gasteiger partial charge in [0.05, 0.1) is 12.5 Å². The highest BCUT2D eigenvalue weighted by Gasteiger charge is 2.10. The lowest BCUT2D eigenvalue weighted by atomic mass is 10.1. The highest BCUT2D eigenvalue weighted by Crippen LogP contribution is 2.18. The minimum Gasteiger partial charge on any atom is -0.508 e. The van der Waals surface area contributed by atoms with Gasteiger partial charge in [0.15, 0.2) is 0 Å². The molecule has 0 bridgehead atoms. The van der Waals surface area contributed by atoms with E-state index in [9.17, 15) is 9.90 Å². The van der Waals surface area contributed by atoms with Gasteiger partial charge in [0.1, 0.15) is 5.75 Å². The highest BCUT2D eigenvalue weighted by molar-refractivity contribution is 5.79. The molecule has 0 saturated carbocycles. The molecule has 104 valence electrons. The zero-order valence-corrected chi connectivity index (χ0v) is 11.3. The molecule has 1 atom stereocenters. The summed E-state index contributed by atoms with van der Waals surface area (Å²) in [6.45, 7) is 1.88. The van der Waals surface area contributed by atoms with E-state index in [-0.39, 0.29) is 17.7 Å². The van der Waals surface area contributed by atoms with Crippen LogP contribution in [0.3, 0.4) is 0 Å². The fourth-order valence-electron chi connectivity index (χ4n) is 1.99. The van der Waals surface area contributed by atoms with E-state index in [4.69, 9.17) is 5.73 Å². The number of phenolic OH excluding ortho intramolecular Hbond substituents is 1. The van der Waals surface area contributed by atoms with E-state index in [1.165, 1.54) is 0 Å². The number of benzene rings is 2. The number of amides is 1. The molecule has 0 radical (unpaired) electrons. The normalized spacial score (nSPS) is 11.8. The molecule has 1 amide bonds. The highest BCUT2D eigenvalue weighted by atomic mass is 16.3. The van der Waals surface area contributed by atoms with Gasteiger partial charge in [0.2, 0.25) is 5.91 Å². The Balaban J connectivity index is 1.95. The number of rotatable bonds is 4. The summed E-state index contributed by atoms with van der Waals surface area (Å²) in [5.74, 6) is 0.132. The molecule has 0 aliphatic rings. The maximum atomic E-state index is 12.0. The van der Waals surface area contributed by atoms with E-state index in [1.807, 2.05) is 25.1 Å². The molecule has 0 spiro atoms. The summed E-state index contributed by atoms with van der Waals surface area (Å²) in [7, 11) is 0. The van der Waals surface area contributed by atoms with Crippen molar-refractivity contribution in [1.82, 2.24) is 5.32 Å².